The Morgan fingerprint density at radius 3 is 1.97 bits per heavy atom. The third-order valence-electron chi connectivity index (χ3n) is 5.22. The molecule has 0 N–H and O–H groups in total. The summed E-state index contributed by atoms with van der Waals surface area (Å²) in [5, 5.41) is 0. The topological polar surface area (TPSA) is 43.4 Å². The molecule has 0 saturated carbocycles. The first-order chi connectivity index (χ1) is 15.1. The molecule has 0 aliphatic carbocycles. The molecule has 0 aliphatic heterocycles. The van der Waals surface area contributed by atoms with Crippen LogP contribution < -0.4 is 4.74 Å². The number of allylic oxidation sites excluding steroid dienone is 1. The molecular formula is C28H28O3. The lowest BCUT2D eigenvalue weighted by atomic mass is 10.0. The normalized spacial score (nSPS) is 10.5. The summed E-state index contributed by atoms with van der Waals surface area (Å²) in [5.74, 6) is 0.156. The second kappa shape index (κ2) is 11.1. The van der Waals surface area contributed by atoms with Gasteiger partial charge in [0.2, 0.25) is 0 Å². The molecule has 3 aromatic rings. The third kappa shape index (κ3) is 6.51. The minimum Gasteiger partial charge on any atom is -0.423 e. The number of hydrogen-bond acceptors (Lipinski definition) is 3. The molecule has 0 radical (unpaired) electrons. The van der Waals surface area contributed by atoms with Crippen molar-refractivity contribution in [3.05, 3.63) is 102 Å². The zero-order chi connectivity index (χ0) is 22.1. The summed E-state index contributed by atoms with van der Waals surface area (Å²) in [7, 11) is 0. The number of ether oxygens (including phenoxy) is 1. The van der Waals surface area contributed by atoms with Gasteiger partial charge in [-0.15, -0.1) is 0 Å². The Hall–Kier alpha value is -3.46. The van der Waals surface area contributed by atoms with Crippen LogP contribution in [-0.4, -0.2) is 11.8 Å². The summed E-state index contributed by atoms with van der Waals surface area (Å²) in [4.78, 5) is 23.9. The van der Waals surface area contributed by atoms with Crippen LogP contribution in [0.15, 0.2) is 85.5 Å². The van der Waals surface area contributed by atoms with Gasteiger partial charge in [-0.1, -0.05) is 74.9 Å². The SMILES string of the molecule is C=CC(=O)Cc1ccc(-c2ccc(OC(=O)c3ccc(CCCCC)cc3)cc2)cc1. The largest absolute Gasteiger partial charge is 0.423 e. The average Bonchev–Trinajstić information content (AvgIpc) is 2.80. The first kappa shape index (κ1) is 22.2. The van der Waals surface area contributed by atoms with E-state index in [4.69, 9.17) is 4.74 Å². The molecule has 158 valence electrons. The van der Waals surface area contributed by atoms with Gasteiger partial charge in [0.15, 0.2) is 5.78 Å². The van der Waals surface area contributed by atoms with Crippen molar-refractivity contribution in [3.63, 3.8) is 0 Å². The number of carbonyl (C=O) groups is 2. The number of carbonyl (C=O) groups excluding carboxylic acids is 2. The summed E-state index contributed by atoms with van der Waals surface area (Å²) >= 11 is 0. The monoisotopic (exact) mass is 412 g/mol. The van der Waals surface area contributed by atoms with Crippen molar-refractivity contribution in [1.29, 1.82) is 0 Å². The molecule has 3 rings (SSSR count). The van der Waals surface area contributed by atoms with E-state index in [9.17, 15) is 9.59 Å². The van der Waals surface area contributed by atoms with Crippen molar-refractivity contribution >= 4 is 11.8 Å². The Morgan fingerprint density at radius 2 is 1.39 bits per heavy atom. The lowest BCUT2D eigenvalue weighted by Gasteiger charge is -2.08. The minimum atomic E-state index is -0.357. The van der Waals surface area contributed by atoms with Crippen LogP contribution in [0.2, 0.25) is 0 Å². The van der Waals surface area contributed by atoms with Crippen molar-refractivity contribution in [2.24, 2.45) is 0 Å². The second-order valence-corrected chi connectivity index (χ2v) is 7.61. The first-order valence-corrected chi connectivity index (χ1v) is 10.7. The molecule has 3 nitrogen and oxygen atoms in total. The lowest BCUT2D eigenvalue weighted by Crippen LogP contribution is -2.08. The predicted molar refractivity (Wildman–Crippen MR) is 125 cm³/mol. The van der Waals surface area contributed by atoms with Crippen LogP contribution in [0.5, 0.6) is 5.75 Å². The first-order valence-electron chi connectivity index (χ1n) is 10.7. The van der Waals surface area contributed by atoms with Crippen molar-refractivity contribution < 1.29 is 14.3 Å². The molecule has 0 unspecified atom stereocenters. The van der Waals surface area contributed by atoms with Gasteiger partial charge < -0.3 is 4.74 Å². The van der Waals surface area contributed by atoms with Crippen LogP contribution in [-0.2, 0) is 17.6 Å². The van der Waals surface area contributed by atoms with E-state index in [0.29, 0.717) is 17.7 Å². The van der Waals surface area contributed by atoms with Crippen molar-refractivity contribution in [1.82, 2.24) is 0 Å². The number of esters is 1. The van der Waals surface area contributed by atoms with Gasteiger partial charge in [-0.3, -0.25) is 4.79 Å². The fraction of sp³-hybridized carbons (Fsp3) is 0.214. The van der Waals surface area contributed by atoms with Gasteiger partial charge in [-0.2, -0.15) is 0 Å². The van der Waals surface area contributed by atoms with Gasteiger partial charge in [0.1, 0.15) is 5.75 Å². The number of benzene rings is 3. The van der Waals surface area contributed by atoms with Crippen LogP contribution in [0.25, 0.3) is 11.1 Å². The Morgan fingerprint density at radius 1 is 0.806 bits per heavy atom. The second-order valence-electron chi connectivity index (χ2n) is 7.61. The van der Waals surface area contributed by atoms with Crippen LogP contribution in [0.4, 0.5) is 0 Å². The van der Waals surface area contributed by atoms with Gasteiger partial charge in [-0.25, -0.2) is 4.79 Å². The van der Waals surface area contributed by atoms with Crippen LogP contribution >= 0.6 is 0 Å². The number of hydrogen-bond donors (Lipinski definition) is 0. The van der Waals surface area contributed by atoms with Crippen molar-refractivity contribution in [2.75, 3.05) is 0 Å². The molecule has 0 aliphatic rings. The Balaban J connectivity index is 1.59. The molecule has 0 aromatic heterocycles. The molecular weight excluding hydrogens is 384 g/mol. The molecule has 3 heteroatoms. The summed E-state index contributed by atoms with van der Waals surface area (Å²) in [5.41, 5.74) is 4.79. The molecule has 0 amide bonds. The van der Waals surface area contributed by atoms with E-state index in [1.807, 2.05) is 60.7 Å². The summed E-state index contributed by atoms with van der Waals surface area (Å²) in [6, 6.07) is 22.9. The predicted octanol–water partition coefficient (Wildman–Crippen LogP) is 6.60. The number of aryl methyl sites for hydroxylation is 1. The van der Waals surface area contributed by atoms with Crippen molar-refractivity contribution in [2.45, 2.75) is 39.0 Å². The highest BCUT2D eigenvalue weighted by molar-refractivity contribution is 5.91. The molecule has 0 heterocycles. The van der Waals surface area contributed by atoms with Gasteiger partial charge in [0, 0.05) is 6.42 Å². The number of rotatable bonds is 10. The van der Waals surface area contributed by atoms with Gasteiger partial charge >= 0.3 is 5.97 Å². The maximum Gasteiger partial charge on any atom is 0.343 e. The highest BCUT2D eigenvalue weighted by atomic mass is 16.5. The average molecular weight is 413 g/mol. The van der Waals surface area contributed by atoms with E-state index in [1.165, 1.54) is 30.9 Å². The van der Waals surface area contributed by atoms with E-state index in [2.05, 4.69) is 13.5 Å². The Bertz CT molecular complexity index is 1010. The fourth-order valence-electron chi connectivity index (χ4n) is 3.36. The lowest BCUT2D eigenvalue weighted by molar-refractivity contribution is -0.114. The zero-order valence-corrected chi connectivity index (χ0v) is 18.0. The summed E-state index contributed by atoms with van der Waals surface area (Å²) < 4.78 is 5.52. The summed E-state index contributed by atoms with van der Waals surface area (Å²) in [6.07, 6.45) is 6.33. The molecule has 0 bridgehead atoms. The van der Waals surface area contributed by atoms with Gasteiger partial charge in [0.25, 0.3) is 0 Å². The van der Waals surface area contributed by atoms with Crippen LogP contribution in [0.3, 0.4) is 0 Å². The van der Waals surface area contributed by atoms with E-state index in [0.717, 1.165) is 23.1 Å². The molecule has 3 aromatic carbocycles. The summed E-state index contributed by atoms with van der Waals surface area (Å²) in [6.45, 7) is 5.69. The van der Waals surface area contributed by atoms with Crippen LogP contribution in [0, 0.1) is 0 Å². The molecule has 0 fully saturated rings. The van der Waals surface area contributed by atoms with Crippen molar-refractivity contribution in [3.8, 4) is 16.9 Å². The van der Waals surface area contributed by atoms with E-state index >= 15 is 0 Å². The number of ketones is 1. The minimum absolute atomic E-state index is 0.00468. The molecule has 31 heavy (non-hydrogen) atoms. The quantitative estimate of drug-likeness (QED) is 0.163. The Labute approximate surface area is 184 Å². The third-order valence-corrected chi connectivity index (χ3v) is 5.22. The van der Waals surface area contributed by atoms with Gasteiger partial charge in [-0.05, 0) is 65.4 Å². The van der Waals surface area contributed by atoms with E-state index in [1.54, 1.807) is 12.1 Å². The molecule has 0 saturated heterocycles. The highest BCUT2D eigenvalue weighted by Gasteiger charge is 2.09. The highest BCUT2D eigenvalue weighted by Crippen LogP contribution is 2.24. The molecule has 0 spiro atoms. The molecule has 0 atom stereocenters. The van der Waals surface area contributed by atoms with Gasteiger partial charge in [0.05, 0.1) is 5.56 Å². The maximum atomic E-state index is 12.4. The standard InChI is InChI=1S/C28H28O3/c1-3-5-6-7-21-8-14-25(15-9-21)28(30)31-27-18-16-24(17-19-27)23-12-10-22(11-13-23)20-26(29)4-2/h4,8-19H,2-3,5-7,20H2,1H3. The van der Waals surface area contributed by atoms with Crippen LogP contribution in [0.1, 0.15) is 47.7 Å². The zero-order valence-electron chi connectivity index (χ0n) is 18.0. The smallest absolute Gasteiger partial charge is 0.343 e. The fourth-order valence-corrected chi connectivity index (χ4v) is 3.36. The van der Waals surface area contributed by atoms with E-state index < -0.39 is 0 Å². The maximum absolute atomic E-state index is 12.4. The Kier molecular flexibility index (Phi) is 7.94. The number of unbranched alkanes of at least 4 members (excludes halogenated alkanes) is 2. The van der Waals surface area contributed by atoms with E-state index in [-0.39, 0.29) is 11.8 Å².